The minimum absolute atomic E-state index is 0.0121. The van der Waals surface area contributed by atoms with E-state index < -0.39 is 0 Å². The molecule has 174 valence electrons. The number of nitrogens with zero attached hydrogens (tertiary/aromatic N) is 2. The number of nitrogens with one attached hydrogen (secondary N) is 2. The van der Waals surface area contributed by atoms with Gasteiger partial charge in [0.1, 0.15) is 10.8 Å². The van der Waals surface area contributed by atoms with Crippen LogP contribution in [0.3, 0.4) is 0 Å². The summed E-state index contributed by atoms with van der Waals surface area (Å²) in [6, 6.07) is 14.4. The molecule has 4 rings (SSSR count). The summed E-state index contributed by atoms with van der Waals surface area (Å²) in [7, 11) is 0. The summed E-state index contributed by atoms with van der Waals surface area (Å²) in [4.78, 5) is 32.4. The number of halogens is 1. The van der Waals surface area contributed by atoms with Crippen molar-refractivity contribution in [3.63, 3.8) is 0 Å². The Bertz CT molecular complexity index is 1280. The maximum Gasteiger partial charge on any atom is 0.232 e. The zero-order chi connectivity index (χ0) is 23.9. The summed E-state index contributed by atoms with van der Waals surface area (Å²) in [6.07, 6.45) is 1.89. The first kappa shape index (κ1) is 23.7. The van der Waals surface area contributed by atoms with Crippen molar-refractivity contribution in [2.24, 2.45) is 0 Å². The summed E-state index contributed by atoms with van der Waals surface area (Å²) < 4.78 is 13.4. The van der Waals surface area contributed by atoms with Gasteiger partial charge in [0.25, 0.3) is 0 Å². The van der Waals surface area contributed by atoms with Crippen LogP contribution in [0.4, 0.5) is 9.52 Å². The number of amides is 2. The van der Waals surface area contributed by atoms with Gasteiger partial charge in [0.05, 0.1) is 17.8 Å². The van der Waals surface area contributed by atoms with Gasteiger partial charge in [-0.05, 0) is 30.5 Å². The van der Waals surface area contributed by atoms with Crippen molar-refractivity contribution in [1.29, 1.82) is 0 Å². The highest BCUT2D eigenvalue weighted by atomic mass is 32.1. The van der Waals surface area contributed by atoms with Crippen molar-refractivity contribution in [2.75, 3.05) is 11.9 Å². The fraction of sp³-hybridized carbons (Fsp3) is 0.200. The van der Waals surface area contributed by atoms with Crippen molar-refractivity contribution in [1.82, 2.24) is 15.3 Å². The van der Waals surface area contributed by atoms with Crippen molar-refractivity contribution in [3.8, 4) is 21.8 Å². The number of benzene rings is 2. The number of aromatic nitrogens is 2. The Hall–Kier alpha value is -3.43. The maximum absolute atomic E-state index is 13.4. The van der Waals surface area contributed by atoms with Crippen LogP contribution in [0.25, 0.3) is 21.8 Å². The van der Waals surface area contributed by atoms with E-state index in [0.717, 1.165) is 24.1 Å². The van der Waals surface area contributed by atoms with Gasteiger partial charge in [0.2, 0.25) is 11.8 Å². The summed E-state index contributed by atoms with van der Waals surface area (Å²) in [5, 5.41) is 10.6. The lowest BCUT2D eigenvalue weighted by atomic mass is 10.1. The van der Waals surface area contributed by atoms with Crippen LogP contribution in [0, 0.1) is 5.82 Å². The number of aryl methyl sites for hydroxylation is 1. The van der Waals surface area contributed by atoms with Crippen LogP contribution in [0.2, 0.25) is 0 Å². The number of anilines is 1. The standard InChI is InChI=1S/C25H23FN4O2S2/c1-16(31)27-11-3-4-17-7-9-18(10-8-17)22-15-34-25(29-22)30-23(32)13-21-14-33-24(28-21)19-5-2-6-20(26)12-19/h2,5-10,12,14-15H,3-4,11,13H2,1H3,(H,27,31)(H,29,30,32). The SMILES string of the molecule is CC(=O)NCCCc1ccc(-c2csc(NC(=O)Cc3csc(-c4cccc(F)c4)n3)n2)cc1. The number of thiazole rings is 2. The molecule has 0 saturated carbocycles. The molecule has 0 aliphatic heterocycles. The van der Waals surface area contributed by atoms with Crippen LogP contribution in [-0.2, 0) is 22.4 Å². The average molecular weight is 495 g/mol. The van der Waals surface area contributed by atoms with Gasteiger partial charge in [-0.25, -0.2) is 14.4 Å². The molecule has 2 heterocycles. The van der Waals surface area contributed by atoms with Gasteiger partial charge in [-0.3, -0.25) is 9.59 Å². The van der Waals surface area contributed by atoms with Crippen molar-refractivity contribution in [3.05, 3.63) is 76.4 Å². The van der Waals surface area contributed by atoms with Crippen LogP contribution in [0.1, 0.15) is 24.6 Å². The minimum Gasteiger partial charge on any atom is -0.356 e. The molecule has 9 heteroatoms. The Morgan fingerprint density at radius 2 is 1.82 bits per heavy atom. The van der Waals surface area contributed by atoms with Crippen LogP contribution >= 0.6 is 22.7 Å². The number of carbonyl (C=O) groups is 2. The summed E-state index contributed by atoms with van der Waals surface area (Å²) in [6.45, 7) is 2.18. The fourth-order valence-electron chi connectivity index (χ4n) is 3.33. The van der Waals surface area contributed by atoms with Crippen LogP contribution in [0.5, 0.6) is 0 Å². The predicted octanol–water partition coefficient (Wildman–Crippen LogP) is 5.32. The molecule has 4 aromatic rings. The van der Waals surface area contributed by atoms with E-state index in [2.05, 4.69) is 32.7 Å². The lowest BCUT2D eigenvalue weighted by Gasteiger charge is -2.04. The molecule has 0 fully saturated rings. The van der Waals surface area contributed by atoms with Gasteiger partial charge in [0.15, 0.2) is 5.13 Å². The molecule has 2 aromatic heterocycles. The zero-order valence-corrected chi connectivity index (χ0v) is 20.1. The Balaban J connectivity index is 1.30. The largest absolute Gasteiger partial charge is 0.356 e. The summed E-state index contributed by atoms with van der Waals surface area (Å²) in [5.41, 5.74) is 4.29. The van der Waals surface area contributed by atoms with E-state index in [0.29, 0.717) is 27.9 Å². The van der Waals surface area contributed by atoms with E-state index in [1.165, 1.54) is 47.3 Å². The number of rotatable bonds is 9. The van der Waals surface area contributed by atoms with Gasteiger partial charge in [-0.1, -0.05) is 36.4 Å². The van der Waals surface area contributed by atoms with Crippen molar-refractivity contribution >= 4 is 39.6 Å². The van der Waals surface area contributed by atoms with E-state index in [1.54, 1.807) is 12.1 Å². The first-order valence-corrected chi connectivity index (χ1v) is 12.5. The number of hydrogen-bond acceptors (Lipinski definition) is 6. The highest BCUT2D eigenvalue weighted by Gasteiger charge is 2.12. The summed E-state index contributed by atoms with van der Waals surface area (Å²) in [5.74, 6) is -0.531. The van der Waals surface area contributed by atoms with Crippen molar-refractivity contribution < 1.29 is 14.0 Å². The zero-order valence-electron chi connectivity index (χ0n) is 18.5. The third kappa shape index (κ3) is 6.55. The van der Waals surface area contributed by atoms with E-state index in [-0.39, 0.29) is 24.1 Å². The highest BCUT2D eigenvalue weighted by Crippen LogP contribution is 2.27. The van der Waals surface area contributed by atoms with Gasteiger partial charge >= 0.3 is 0 Å². The quantitative estimate of drug-likeness (QED) is 0.308. The molecule has 0 saturated heterocycles. The van der Waals surface area contributed by atoms with E-state index in [1.807, 2.05) is 22.9 Å². The molecule has 0 aliphatic carbocycles. The average Bonchev–Trinajstić information content (AvgIpc) is 3.47. The smallest absolute Gasteiger partial charge is 0.232 e. The van der Waals surface area contributed by atoms with Gasteiger partial charge in [-0.2, -0.15) is 0 Å². The van der Waals surface area contributed by atoms with Gasteiger partial charge in [0, 0.05) is 35.4 Å². The van der Waals surface area contributed by atoms with Crippen LogP contribution < -0.4 is 10.6 Å². The summed E-state index contributed by atoms with van der Waals surface area (Å²) >= 11 is 2.75. The molecule has 34 heavy (non-hydrogen) atoms. The lowest BCUT2D eigenvalue weighted by Crippen LogP contribution is -2.21. The third-order valence-electron chi connectivity index (χ3n) is 4.98. The highest BCUT2D eigenvalue weighted by molar-refractivity contribution is 7.14. The minimum atomic E-state index is -0.317. The molecule has 0 atom stereocenters. The Morgan fingerprint density at radius 1 is 1.00 bits per heavy atom. The molecule has 6 nitrogen and oxygen atoms in total. The number of carbonyl (C=O) groups excluding carboxylic acids is 2. The molecule has 0 radical (unpaired) electrons. The second-order valence-corrected chi connectivity index (χ2v) is 9.42. The first-order chi connectivity index (χ1) is 16.5. The molecule has 0 aliphatic rings. The van der Waals surface area contributed by atoms with E-state index in [9.17, 15) is 14.0 Å². The monoisotopic (exact) mass is 494 g/mol. The topological polar surface area (TPSA) is 84.0 Å². The Labute approximate surface area is 204 Å². The maximum atomic E-state index is 13.4. The second kappa shape index (κ2) is 11.1. The molecular weight excluding hydrogens is 471 g/mol. The third-order valence-corrected chi connectivity index (χ3v) is 6.68. The van der Waals surface area contributed by atoms with E-state index >= 15 is 0 Å². The molecule has 0 unspecified atom stereocenters. The second-order valence-electron chi connectivity index (χ2n) is 7.70. The molecule has 2 aromatic carbocycles. The molecule has 2 amide bonds. The van der Waals surface area contributed by atoms with Gasteiger partial charge < -0.3 is 10.6 Å². The Morgan fingerprint density at radius 3 is 2.59 bits per heavy atom. The fourth-order valence-corrected chi connectivity index (χ4v) is 4.89. The Kier molecular flexibility index (Phi) is 7.76. The lowest BCUT2D eigenvalue weighted by molar-refractivity contribution is -0.119. The van der Waals surface area contributed by atoms with Crippen molar-refractivity contribution in [2.45, 2.75) is 26.2 Å². The normalized spacial score (nSPS) is 10.8. The molecular formula is C25H23FN4O2S2. The predicted molar refractivity (Wildman–Crippen MR) is 134 cm³/mol. The van der Waals surface area contributed by atoms with Crippen LogP contribution in [-0.4, -0.2) is 28.3 Å². The molecule has 0 spiro atoms. The molecule has 0 bridgehead atoms. The van der Waals surface area contributed by atoms with Crippen LogP contribution in [0.15, 0.2) is 59.3 Å². The van der Waals surface area contributed by atoms with Gasteiger partial charge in [-0.15, -0.1) is 22.7 Å². The number of hydrogen-bond donors (Lipinski definition) is 2. The van der Waals surface area contributed by atoms with E-state index in [4.69, 9.17) is 0 Å². The molecule has 2 N–H and O–H groups in total. The first-order valence-electron chi connectivity index (χ1n) is 10.8.